The van der Waals surface area contributed by atoms with Crippen molar-refractivity contribution in [3.05, 3.63) is 46.4 Å². The van der Waals surface area contributed by atoms with E-state index in [0.717, 1.165) is 17.0 Å². The zero-order chi connectivity index (χ0) is 19.8. The third-order valence-electron chi connectivity index (χ3n) is 4.20. The first-order valence-corrected chi connectivity index (χ1v) is 8.41. The predicted molar refractivity (Wildman–Crippen MR) is 93.5 cm³/mol. The van der Waals surface area contributed by atoms with Crippen LogP contribution in [-0.4, -0.2) is 34.4 Å². The number of aryl methyl sites for hydroxylation is 1. The number of anilines is 1. The van der Waals surface area contributed by atoms with Gasteiger partial charge in [0.05, 0.1) is 0 Å². The molecule has 0 radical (unpaired) electrons. The van der Waals surface area contributed by atoms with Gasteiger partial charge in [0.25, 0.3) is 5.91 Å². The Morgan fingerprint density at radius 1 is 1.41 bits per heavy atom. The van der Waals surface area contributed by atoms with Crippen molar-refractivity contribution < 1.29 is 23.3 Å². The number of carbonyl (C=O) groups excluding carboxylic acids is 3. The van der Waals surface area contributed by atoms with Gasteiger partial charge in [-0.2, -0.15) is 0 Å². The van der Waals surface area contributed by atoms with E-state index in [1.54, 1.807) is 13.0 Å². The molecule has 142 valence electrons. The fraction of sp³-hybridized carbons (Fsp3) is 0.294. The van der Waals surface area contributed by atoms with Gasteiger partial charge in [0, 0.05) is 29.6 Å². The minimum Gasteiger partial charge on any atom is -0.360 e. The van der Waals surface area contributed by atoms with Crippen molar-refractivity contribution in [1.29, 1.82) is 0 Å². The first-order valence-electron chi connectivity index (χ1n) is 8.03. The number of benzene rings is 1. The van der Waals surface area contributed by atoms with Crippen LogP contribution in [0, 0.1) is 12.7 Å². The average Bonchev–Trinajstić information content (AvgIpc) is 3.07. The molecule has 1 unspecified atom stereocenters. The number of nitrogens with zero attached hydrogens (tertiary/aromatic N) is 2. The highest BCUT2D eigenvalue weighted by molar-refractivity contribution is 6.32. The maximum atomic E-state index is 13.3. The summed E-state index contributed by atoms with van der Waals surface area (Å²) in [5, 5.41) is 8.72. The fourth-order valence-electron chi connectivity index (χ4n) is 2.82. The van der Waals surface area contributed by atoms with E-state index in [2.05, 4.69) is 15.8 Å². The van der Waals surface area contributed by atoms with Crippen LogP contribution in [-0.2, 0) is 15.1 Å². The molecule has 1 aromatic carbocycles. The number of nitrogens with one attached hydrogen (secondary N) is 2. The SMILES string of the molecule is Cc1cc(NC(=O)CCN2C(=O)NC(C)(c3ccc(F)cc3Cl)C2=O)no1. The van der Waals surface area contributed by atoms with Crippen LogP contribution in [0.25, 0.3) is 0 Å². The van der Waals surface area contributed by atoms with Crippen molar-refractivity contribution in [1.82, 2.24) is 15.4 Å². The van der Waals surface area contributed by atoms with Gasteiger partial charge in [-0.05, 0) is 26.0 Å². The molecule has 1 aliphatic heterocycles. The van der Waals surface area contributed by atoms with Crippen LogP contribution in [0.15, 0.2) is 28.8 Å². The van der Waals surface area contributed by atoms with Crippen molar-refractivity contribution in [3.8, 4) is 0 Å². The topological polar surface area (TPSA) is 105 Å². The van der Waals surface area contributed by atoms with Crippen LogP contribution in [0.5, 0.6) is 0 Å². The highest BCUT2D eigenvalue weighted by Gasteiger charge is 2.49. The van der Waals surface area contributed by atoms with Crippen molar-refractivity contribution >= 4 is 35.3 Å². The summed E-state index contributed by atoms with van der Waals surface area (Å²) in [5.74, 6) is -0.784. The molecule has 2 N–H and O–H groups in total. The van der Waals surface area contributed by atoms with E-state index < -0.39 is 29.2 Å². The number of halogens is 2. The first kappa shape index (κ1) is 18.8. The summed E-state index contributed by atoms with van der Waals surface area (Å²) in [6.07, 6.45) is -0.127. The highest BCUT2D eigenvalue weighted by atomic mass is 35.5. The van der Waals surface area contributed by atoms with Crippen LogP contribution in [0.3, 0.4) is 0 Å². The van der Waals surface area contributed by atoms with E-state index in [1.165, 1.54) is 13.0 Å². The second-order valence-corrected chi connectivity index (χ2v) is 6.66. The van der Waals surface area contributed by atoms with E-state index in [0.29, 0.717) is 5.76 Å². The number of aromatic nitrogens is 1. The van der Waals surface area contributed by atoms with E-state index in [-0.39, 0.29) is 29.4 Å². The Labute approximate surface area is 158 Å². The molecule has 4 amide bonds. The predicted octanol–water partition coefficient (Wildman–Crippen LogP) is 2.57. The lowest BCUT2D eigenvalue weighted by Gasteiger charge is -2.23. The molecule has 1 aliphatic rings. The molecule has 1 atom stereocenters. The van der Waals surface area contributed by atoms with Crippen molar-refractivity contribution in [2.75, 3.05) is 11.9 Å². The lowest BCUT2D eigenvalue weighted by Crippen LogP contribution is -2.41. The number of hydrogen-bond donors (Lipinski definition) is 2. The molecule has 27 heavy (non-hydrogen) atoms. The Morgan fingerprint density at radius 2 is 2.15 bits per heavy atom. The summed E-state index contributed by atoms with van der Waals surface area (Å²) in [6.45, 7) is 3.02. The molecule has 2 heterocycles. The molecule has 1 saturated heterocycles. The van der Waals surface area contributed by atoms with Crippen LogP contribution in [0.4, 0.5) is 15.0 Å². The zero-order valence-electron chi connectivity index (χ0n) is 14.5. The number of amides is 4. The molecule has 0 spiro atoms. The molecule has 2 aromatic rings. The van der Waals surface area contributed by atoms with Crippen molar-refractivity contribution in [2.45, 2.75) is 25.8 Å². The smallest absolute Gasteiger partial charge is 0.325 e. The first-order chi connectivity index (χ1) is 12.7. The Hall–Kier alpha value is -2.94. The summed E-state index contributed by atoms with van der Waals surface area (Å²) in [7, 11) is 0. The van der Waals surface area contributed by atoms with Crippen LogP contribution < -0.4 is 10.6 Å². The molecule has 8 nitrogen and oxygen atoms in total. The third kappa shape index (κ3) is 3.63. The maximum absolute atomic E-state index is 13.3. The summed E-state index contributed by atoms with van der Waals surface area (Å²) in [5.41, 5.74) is -1.17. The Kier molecular flexibility index (Phi) is 4.88. The van der Waals surface area contributed by atoms with Gasteiger partial charge in [0.1, 0.15) is 17.1 Å². The number of rotatable bonds is 5. The summed E-state index contributed by atoms with van der Waals surface area (Å²) < 4.78 is 18.1. The highest BCUT2D eigenvalue weighted by Crippen LogP contribution is 2.34. The quantitative estimate of drug-likeness (QED) is 0.758. The largest absolute Gasteiger partial charge is 0.360 e. The Morgan fingerprint density at radius 3 is 2.78 bits per heavy atom. The third-order valence-corrected chi connectivity index (χ3v) is 4.52. The lowest BCUT2D eigenvalue weighted by molar-refractivity contribution is -0.131. The van der Waals surface area contributed by atoms with E-state index in [4.69, 9.17) is 16.1 Å². The van der Waals surface area contributed by atoms with E-state index in [1.807, 2.05) is 0 Å². The molecule has 0 bridgehead atoms. The van der Waals surface area contributed by atoms with E-state index >= 15 is 0 Å². The summed E-state index contributed by atoms with van der Waals surface area (Å²) in [6, 6.07) is 4.45. The fourth-order valence-corrected chi connectivity index (χ4v) is 3.18. The molecular formula is C17H16ClFN4O4. The molecule has 3 rings (SSSR count). The molecular weight excluding hydrogens is 379 g/mol. The minimum absolute atomic E-state index is 0.0205. The summed E-state index contributed by atoms with van der Waals surface area (Å²) in [4.78, 5) is 37.9. The minimum atomic E-state index is -1.44. The monoisotopic (exact) mass is 394 g/mol. The molecule has 1 fully saturated rings. The standard InChI is InChI=1S/C17H16ClFN4O4/c1-9-7-13(22-27-9)20-14(24)5-6-23-15(25)17(2,21-16(23)26)11-4-3-10(19)8-12(11)18/h3-4,7-8H,5-6H2,1-2H3,(H,21,26)(H,20,22,24). The maximum Gasteiger partial charge on any atom is 0.325 e. The Balaban J connectivity index is 1.69. The van der Waals surface area contributed by atoms with Gasteiger partial charge in [0.15, 0.2) is 5.82 Å². The number of carbonyl (C=O) groups is 3. The van der Waals surface area contributed by atoms with Gasteiger partial charge in [-0.15, -0.1) is 0 Å². The second kappa shape index (κ2) is 6.99. The number of urea groups is 1. The molecule has 10 heteroatoms. The van der Waals surface area contributed by atoms with Crippen LogP contribution in [0.2, 0.25) is 5.02 Å². The van der Waals surface area contributed by atoms with Gasteiger partial charge in [0.2, 0.25) is 5.91 Å². The van der Waals surface area contributed by atoms with Crippen LogP contribution in [0.1, 0.15) is 24.7 Å². The lowest BCUT2D eigenvalue weighted by atomic mass is 9.92. The van der Waals surface area contributed by atoms with E-state index in [9.17, 15) is 18.8 Å². The zero-order valence-corrected chi connectivity index (χ0v) is 15.3. The van der Waals surface area contributed by atoms with Gasteiger partial charge in [-0.3, -0.25) is 14.5 Å². The molecule has 0 aliphatic carbocycles. The van der Waals surface area contributed by atoms with Gasteiger partial charge in [-0.25, -0.2) is 9.18 Å². The Bertz CT molecular complexity index is 931. The molecule has 1 aromatic heterocycles. The number of imide groups is 1. The number of hydrogen-bond acceptors (Lipinski definition) is 5. The van der Waals surface area contributed by atoms with Crippen LogP contribution >= 0.6 is 11.6 Å². The summed E-state index contributed by atoms with van der Waals surface area (Å²) >= 11 is 6.04. The normalized spacial score (nSPS) is 19.3. The van der Waals surface area contributed by atoms with Gasteiger partial charge < -0.3 is 15.2 Å². The van der Waals surface area contributed by atoms with Gasteiger partial charge >= 0.3 is 6.03 Å². The van der Waals surface area contributed by atoms with Gasteiger partial charge in [-0.1, -0.05) is 22.8 Å². The van der Waals surface area contributed by atoms with Crippen molar-refractivity contribution in [3.63, 3.8) is 0 Å². The average molecular weight is 395 g/mol. The van der Waals surface area contributed by atoms with Crippen molar-refractivity contribution in [2.24, 2.45) is 0 Å². The second-order valence-electron chi connectivity index (χ2n) is 6.26. The molecule has 0 saturated carbocycles.